The molecule has 1 amide bonds. The monoisotopic (exact) mass is 292 g/mol. The lowest BCUT2D eigenvalue weighted by molar-refractivity contribution is 0.0904. The Morgan fingerprint density at radius 1 is 1.29 bits per heavy atom. The second kappa shape index (κ2) is 7.31. The second-order valence-corrected chi connectivity index (χ2v) is 5.43. The van der Waals surface area contributed by atoms with Crippen LogP contribution in [0.3, 0.4) is 0 Å². The molecule has 1 aromatic carbocycles. The van der Waals surface area contributed by atoms with E-state index < -0.39 is 0 Å². The largest absolute Gasteiger partial charge is 0.497 e. The summed E-state index contributed by atoms with van der Waals surface area (Å²) in [5.41, 5.74) is 6.31. The molecule has 0 aliphatic heterocycles. The smallest absolute Gasteiger partial charge is 0.255 e. The SMILES string of the molecule is COc1ccc(OC)c(C(=O)NC2CCCCC2CN)c1. The molecule has 5 heteroatoms. The predicted octanol–water partition coefficient (Wildman–Crippen LogP) is 1.95. The summed E-state index contributed by atoms with van der Waals surface area (Å²) in [4.78, 5) is 12.5. The van der Waals surface area contributed by atoms with Gasteiger partial charge in [-0.3, -0.25) is 4.79 Å². The summed E-state index contributed by atoms with van der Waals surface area (Å²) in [5, 5.41) is 3.11. The van der Waals surface area contributed by atoms with Gasteiger partial charge in [0.1, 0.15) is 11.5 Å². The minimum absolute atomic E-state index is 0.129. The summed E-state index contributed by atoms with van der Waals surface area (Å²) >= 11 is 0. The van der Waals surface area contributed by atoms with E-state index in [9.17, 15) is 4.79 Å². The summed E-state index contributed by atoms with van der Waals surface area (Å²) < 4.78 is 10.4. The molecule has 2 rings (SSSR count). The third-order valence-electron chi connectivity index (χ3n) is 4.18. The molecule has 0 aromatic heterocycles. The van der Waals surface area contributed by atoms with Crippen LogP contribution in [0.1, 0.15) is 36.0 Å². The molecular formula is C16H24N2O3. The van der Waals surface area contributed by atoms with Crippen molar-refractivity contribution >= 4 is 5.91 Å². The van der Waals surface area contributed by atoms with E-state index in [-0.39, 0.29) is 11.9 Å². The molecule has 1 aliphatic carbocycles. The van der Waals surface area contributed by atoms with E-state index in [0.29, 0.717) is 29.5 Å². The third-order valence-corrected chi connectivity index (χ3v) is 4.18. The summed E-state index contributed by atoms with van der Waals surface area (Å²) in [5.74, 6) is 1.42. The normalized spacial score (nSPS) is 21.7. The number of nitrogens with two attached hydrogens (primary N) is 1. The summed E-state index contributed by atoms with van der Waals surface area (Å²) in [6.45, 7) is 0.611. The number of amides is 1. The van der Waals surface area contributed by atoms with Crippen LogP contribution < -0.4 is 20.5 Å². The number of benzene rings is 1. The minimum Gasteiger partial charge on any atom is -0.497 e. The van der Waals surface area contributed by atoms with E-state index >= 15 is 0 Å². The van der Waals surface area contributed by atoms with Gasteiger partial charge in [0.2, 0.25) is 0 Å². The zero-order valence-corrected chi connectivity index (χ0v) is 12.7. The fourth-order valence-electron chi connectivity index (χ4n) is 2.92. The number of methoxy groups -OCH3 is 2. The predicted molar refractivity (Wildman–Crippen MR) is 81.8 cm³/mol. The average Bonchev–Trinajstić information content (AvgIpc) is 2.54. The van der Waals surface area contributed by atoms with Crippen molar-refractivity contribution in [3.8, 4) is 11.5 Å². The lowest BCUT2D eigenvalue weighted by Gasteiger charge is -2.31. The van der Waals surface area contributed by atoms with Crippen LogP contribution in [0.15, 0.2) is 18.2 Å². The van der Waals surface area contributed by atoms with E-state index in [1.54, 1.807) is 32.4 Å². The molecule has 2 atom stereocenters. The molecule has 0 bridgehead atoms. The van der Waals surface area contributed by atoms with E-state index in [1.165, 1.54) is 6.42 Å². The Morgan fingerprint density at radius 3 is 2.71 bits per heavy atom. The molecule has 21 heavy (non-hydrogen) atoms. The Labute approximate surface area is 125 Å². The van der Waals surface area contributed by atoms with Crippen LogP contribution in [0.5, 0.6) is 11.5 Å². The summed E-state index contributed by atoms with van der Waals surface area (Å²) in [7, 11) is 3.14. The van der Waals surface area contributed by atoms with Gasteiger partial charge in [-0.1, -0.05) is 12.8 Å². The maximum absolute atomic E-state index is 12.5. The van der Waals surface area contributed by atoms with Crippen molar-refractivity contribution in [2.24, 2.45) is 11.7 Å². The third kappa shape index (κ3) is 3.67. The Kier molecular flexibility index (Phi) is 5.44. The molecule has 3 N–H and O–H groups in total. The van der Waals surface area contributed by atoms with Crippen molar-refractivity contribution in [1.29, 1.82) is 0 Å². The van der Waals surface area contributed by atoms with Gasteiger partial charge in [-0.2, -0.15) is 0 Å². The molecule has 5 nitrogen and oxygen atoms in total. The van der Waals surface area contributed by atoms with Crippen molar-refractivity contribution < 1.29 is 14.3 Å². The number of hydrogen-bond donors (Lipinski definition) is 2. The zero-order chi connectivity index (χ0) is 15.2. The summed E-state index contributed by atoms with van der Waals surface area (Å²) in [6.07, 6.45) is 4.39. The standard InChI is InChI=1S/C16H24N2O3/c1-20-12-7-8-15(21-2)13(9-12)16(19)18-14-6-4-3-5-11(14)10-17/h7-9,11,14H,3-6,10,17H2,1-2H3,(H,18,19). The quantitative estimate of drug-likeness (QED) is 0.870. The Hall–Kier alpha value is -1.75. The molecule has 0 heterocycles. The molecule has 1 aromatic rings. The van der Waals surface area contributed by atoms with Crippen LogP contribution in [0.2, 0.25) is 0 Å². The molecule has 1 saturated carbocycles. The van der Waals surface area contributed by atoms with Crippen molar-refractivity contribution in [3.63, 3.8) is 0 Å². The van der Waals surface area contributed by atoms with Crippen LogP contribution in [-0.4, -0.2) is 32.7 Å². The topological polar surface area (TPSA) is 73.6 Å². The number of carbonyl (C=O) groups is 1. The second-order valence-electron chi connectivity index (χ2n) is 5.43. The van der Waals surface area contributed by atoms with Crippen LogP contribution in [0, 0.1) is 5.92 Å². The van der Waals surface area contributed by atoms with Crippen LogP contribution in [0.4, 0.5) is 0 Å². The lowest BCUT2D eigenvalue weighted by atomic mass is 9.84. The molecule has 2 unspecified atom stereocenters. The first-order valence-electron chi connectivity index (χ1n) is 7.42. The first kappa shape index (κ1) is 15.6. The molecular weight excluding hydrogens is 268 g/mol. The van der Waals surface area contributed by atoms with E-state index in [2.05, 4.69) is 5.32 Å². The van der Waals surface area contributed by atoms with Gasteiger partial charge in [0.25, 0.3) is 5.91 Å². The van der Waals surface area contributed by atoms with Gasteiger partial charge in [0.15, 0.2) is 0 Å². The van der Waals surface area contributed by atoms with Crippen molar-refractivity contribution in [1.82, 2.24) is 5.32 Å². The van der Waals surface area contributed by atoms with Crippen LogP contribution >= 0.6 is 0 Å². The Bertz CT molecular complexity index is 490. The summed E-state index contributed by atoms with van der Waals surface area (Å²) in [6, 6.07) is 5.37. The number of nitrogens with one attached hydrogen (secondary N) is 1. The van der Waals surface area contributed by atoms with E-state index in [0.717, 1.165) is 19.3 Å². The number of carbonyl (C=O) groups excluding carboxylic acids is 1. The number of hydrogen-bond acceptors (Lipinski definition) is 4. The highest BCUT2D eigenvalue weighted by atomic mass is 16.5. The first-order valence-corrected chi connectivity index (χ1v) is 7.42. The van der Waals surface area contributed by atoms with Gasteiger partial charge in [-0.25, -0.2) is 0 Å². The number of rotatable bonds is 5. The average molecular weight is 292 g/mol. The van der Waals surface area contributed by atoms with Crippen LogP contribution in [0.25, 0.3) is 0 Å². The molecule has 0 radical (unpaired) electrons. The number of ether oxygens (including phenoxy) is 2. The van der Waals surface area contributed by atoms with Gasteiger partial charge in [-0.05, 0) is 43.5 Å². The maximum Gasteiger partial charge on any atom is 0.255 e. The highest BCUT2D eigenvalue weighted by Crippen LogP contribution is 2.27. The molecule has 1 fully saturated rings. The van der Waals surface area contributed by atoms with Gasteiger partial charge in [0, 0.05) is 6.04 Å². The molecule has 0 saturated heterocycles. The zero-order valence-electron chi connectivity index (χ0n) is 12.7. The first-order chi connectivity index (χ1) is 10.2. The molecule has 1 aliphatic rings. The van der Waals surface area contributed by atoms with Gasteiger partial charge in [0.05, 0.1) is 19.8 Å². The molecule has 0 spiro atoms. The fraction of sp³-hybridized carbons (Fsp3) is 0.562. The highest BCUT2D eigenvalue weighted by molar-refractivity contribution is 5.97. The van der Waals surface area contributed by atoms with Gasteiger partial charge >= 0.3 is 0 Å². The fourth-order valence-corrected chi connectivity index (χ4v) is 2.92. The van der Waals surface area contributed by atoms with Crippen molar-refractivity contribution in [2.75, 3.05) is 20.8 Å². The Balaban J connectivity index is 2.15. The van der Waals surface area contributed by atoms with Gasteiger partial charge < -0.3 is 20.5 Å². The molecule has 116 valence electrons. The van der Waals surface area contributed by atoms with E-state index in [1.807, 2.05) is 0 Å². The van der Waals surface area contributed by atoms with Crippen molar-refractivity contribution in [2.45, 2.75) is 31.7 Å². The van der Waals surface area contributed by atoms with Gasteiger partial charge in [-0.15, -0.1) is 0 Å². The van der Waals surface area contributed by atoms with Crippen molar-refractivity contribution in [3.05, 3.63) is 23.8 Å². The Morgan fingerprint density at radius 2 is 2.05 bits per heavy atom. The van der Waals surface area contributed by atoms with E-state index in [4.69, 9.17) is 15.2 Å². The maximum atomic E-state index is 12.5. The minimum atomic E-state index is -0.129. The lowest BCUT2D eigenvalue weighted by Crippen LogP contribution is -2.44. The van der Waals surface area contributed by atoms with Crippen LogP contribution in [-0.2, 0) is 0 Å². The highest BCUT2D eigenvalue weighted by Gasteiger charge is 2.26.